The Morgan fingerprint density at radius 2 is 1.76 bits per heavy atom. The first-order valence-electron chi connectivity index (χ1n) is 6.43. The van der Waals surface area contributed by atoms with Crippen molar-refractivity contribution >= 4 is 5.97 Å². The van der Waals surface area contributed by atoms with Crippen LogP contribution in [0.1, 0.15) is 10.4 Å². The van der Waals surface area contributed by atoms with E-state index in [4.69, 9.17) is 14.2 Å². The van der Waals surface area contributed by atoms with Gasteiger partial charge in [-0.3, -0.25) is 0 Å². The van der Waals surface area contributed by atoms with Gasteiger partial charge in [-0.15, -0.1) is 0 Å². The number of carbonyl (C=O) groups excluding carboxylic acids is 1. The molecule has 108 valence electrons. The summed E-state index contributed by atoms with van der Waals surface area (Å²) in [6, 6.07) is 13.7. The van der Waals surface area contributed by atoms with Crippen molar-refractivity contribution in [3.05, 3.63) is 66.7 Å². The minimum absolute atomic E-state index is 0.326. The number of para-hydroxylation sites is 1. The molecule has 0 radical (unpaired) electrons. The minimum Gasteiger partial charge on any atom is -0.497 e. The highest BCUT2D eigenvalue weighted by molar-refractivity contribution is 5.94. The molecule has 0 N–H and O–H groups in total. The van der Waals surface area contributed by atoms with E-state index in [0.717, 1.165) is 0 Å². The molecule has 0 saturated heterocycles. The molecule has 0 spiro atoms. The van der Waals surface area contributed by atoms with Crippen molar-refractivity contribution in [2.24, 2.45) is 0 Å². The maximum Gasteiger partial charge on any atom is 0.347 e. The van der Waals surface area contributed by atoms with E-state index in [1.54, 1.807) is 61.7 Å². The normalized spacial score (nSPS) is 9.76. The van der Waals surface area contributed by atoms with Crippen LogP contribution >= 0.6 is 0 Å². The summed E-state index contributed by atoms with van der Waals surface area (Å²) in [5.74, 6) is 1.14. The third-order valence-electron chi connectivity index (χ3n) is 2.73. The Labute approximate surface area is 123 Å². The van der Waals surface area contributed by atoms with Crippen molar-refractivity contribution in [1.82, 2.24) is 0 Å². The molecule has 21 heavy (non-hydrogen) atoms. The Bertz CT molecular complexity index is 617. The zero-order valence-corrected chi connectivity index (χ0v) is 11.7. The first kappa shape index (κ1) is 14.7. The molecule has 0 fully saturated rings. The van der Waals surface area contributed by atoms with Gasteiger partial charge in [-0.2, -0.15) is 0 Å². The van der Waals surface area contributed by atoms with Gasteiger partial charge in [-0.05, 0) is 36.4 Å². The number of methoxy groups -OCH3 is 1. The number of ether oxygens (including phenoxy) is 3. The number of hydrogen-bond donors (Lipinski definition) is 0. The van der Waals surface area contributed by atoms with Crippen LogP contribution in [0.3, 0.4) is 0 Å². The lowest BCUT2D eigenvalue weighted by Crippen LogP contribution is -2.10. The van der Waals surface area contributed by atoms with Crippen LogP contribution in [0.25, 0.3) is 0 Å². The SMILES string of the molecule is C=CCOc1ccccc1C(=O)Oc1ccc(OC)cc1. The predicted molar refractivity (Wildman–Crippen MR) is 80.1 cm³/mol. The molecular formula is C17H16O4. The molecule has 0 heterocycles. The van der Waals surface area contributed by atoms with E-state index in [1.165, 1.54) is 0 Å². The summed E-state index contributed by atoms with van der Waals surface area (Å²) >= 11 is 0. The highest BCUT2D eigenvalue weighted by atomic mass is 16.5. The first-order chi connectivity index (χ1) is 10.2. The lowest BCUT2D eigenvalue weighted by atomic mass is 10.2. The molecule has 0 atom stereocenters. The number of esters is 1. The minimum atomic E-state index is -0.472. The van der Waals surface area contributed by atoms with Crippen LogP contribution < -0.4 is 14.2 Å². The molecule has 2 rings (SSSR count). The maximum absolute atomic E-state index is 12.2. The van der Waals surface area contributed by atoms with E-state index in [9.17, 15) is 4.79 Å². The Hall–Kier alpha value is -2.75. The average molecular weight is 284 g/mol. The molecule has 0 aliphatic carbocycles. The van der Waals surface area contributed by atoms with E-state index < -0.39 is 5.97 Å². The highest BCUT2D eigenvalue weighted by Crippen LogP contribution is 2.22. The van der Waals surface area contributed by atoms with Crippen LogP contribution in [0.2, 0.25) is 0 Å². The van der Waals surface area contributed by atoms with Gasteiger partial charge >= 0.3 is 5.97 Å². The van der Waals surface area contributed by atoms with Crippen molar-refractivity contribution in [3.8, 4) is 17.2 Å². The standard InChI is InChI=1S/C17H16O4/c1-3-12-20-16-7-5-4-6-15(16)17(18)21-14-10-8-13(19-2)9-11-14/h3-11H,1,12H2,2H3. The summed E-state index contributed by atoms with van der Waals surface area (Å²) in [6.07, 6.45) is 1.62. The molecule has 4 nitrogen and oxygen atoms in total. The van der Waals surface area contributed by atoms with Crippen molar-refractivity contribution in [3.63, 3.8) is 0 Å². The molecule has 0 saturated carbocycles. The van der Waals surface area contributed by atoms with Crippen molar-refractivity contribution in [1.29, 1.82) is 0 Å². The zero-order chi connectivity index (χ0) is 15.1. The molecule has 0 aromatic heterocycles. The fraction of sp³-hybridized carbons (Fsp3) is 0.118. The number of benzene rings is 2. The smallest absolute Gasteiger partial charge is 0.347 e. The molecule has 0 bridgehead atoms. The summed E-state index contributed by atoms with van der Waals surface area (Å²) < 4.78 is 15.8. The lowest BCUT2D eigenvalue weighted by molar-refractivity contribution is 0.0730. The zero-order valence-electron chi connectivity index (χ0n) is 11.7. The molecule has 0 aliphatic heterocycles. The molecule has 2 aromatic carbocycles. The van der Waals surface area contributed by atoms with Crippen LogP contribution in [-0.2, 0) is 0 Å². The van der Waals surface area contributed by atoms with Gasteiger partial charge in [0.15, 0.2) is 0 Å². The van der Waals surface area contributed by atoms with Crippen molar-refractivity contribution in [2.75, 3.05) is 13.7 Å². The lowest BCUT2D eigenvalue weighted by Gasteiger charge is -2.10. The van der Waals surface area contributed by atoms with Crippen LogP contribution in [0, 0.1) is 0 Å². The van der Waals surface area contributed by atoms with E-state index >= 15 is 0 Å². The van der Waals surface area contributed by atoms with Gasteiger partial charge < -0.3 is 14.2 Å². The monoisotopic (exact) mass is 284 g/mol. The highest BCUT2D eigenvalue weighted by Gasteiger charge is 2.14. The van der Waals surface area contributed by atoms with Gasteiger partial charge in [0.05, 0.1) is 7.11 Å². The van der Waals surface area contributed by atoms with Crippen LogP contribution in [0.15, 0.2) is 61.2 Å². The quantitative estimate of drug-likeness (QED) is 0.463. The Kier molecular flexibility index (Phi) is 4.99. The summed E-state index contributed by atoms with van der Waals surface area (Å²) in [5, 5.41) is 0. The van der Waals surface area contributed by atoms with Gasteiger partial charge in [0, 0.05) is 0 Å². The largest absolute Gasteiger partial charge is 0.497 e. The Balaban J connectivity index is 2.13. The molecule has 0 amide bonds. The van der Waals surface area contributed by atoms with Crippen LogP contribution in [0.5, 0.6) is 17.2 Å². The van der Waals surface area contributed by atoms with E-state index in [0.29, 0.717) is 29.4 Å². The molecule has 4 heteroatoms. The van der Waals surface area contributed by atoms with E-state index in [-0.39, 0.29) is 0 Å². The number of carbonyl (C=O) groups is 1. The van der Waals surface area contributed by atoms with Crippen LogP contribution in [0.4, 0.5) is 0 Å². The molecule has 0 unspecified atom stereocenters. The second-order valence-corrected chi connectivity index (χ2v) is 4.16. The summed E-state index contributed by atoms with van der Waals surface area (Å²) in [4.78, 5) is 12.2. The topological polar surface area (TPSA) is 44.8 Å². The number of rotatable bonds is 6. The van der Waals surface area contributed by atoms with E-state index in [1.807, 2.05) is 0 Å². The van der Waals surface area contributed by atoms with Gasteiger partial charge in [0.2, 0.25) is 0 Å². The van der Waals surface area contributed by atoms with Gasteiger partial charge in [0.25, 0.3) is 0 Å². The van der Waals surface area contributed by atoms with Gasteiger partial charge in [-0.25, -0.2) is 4.79 Å². The molecule has 0 aliphatic rings. The Morgan fingerprint density at radius 1 is 1.10 bits per heavy atom. The fourth-order valence-corrected chi connectivity index (χ4v) is 1.72. The van der Waals surface area contributed by atoms with Crippen molar-refractivity contribution in [2.45, 2.75) is 0 Å². The van der Waals surface area contributed by atoms with Crippen LogP contribution in [-0.4, -0.2) is 19.7 Å². The van der Waals surface area contributed by atoms with Gasteiger partial charge in [0.1, 0.15) is 29.4 Å². The second-order valence-electron chi connectivity index (χ2n) is 4.16. The predicted octanol–water partition coefficient (Wildman–Crippen LogP) is 3.48. The molecular weight excluding hydrogens is 268 g/mol. The third-order valence-corrected chi connectivity index (χ3v) is 2.73. The Morgan fingerprint density at radius 3 is 2.43 bits per heavy atom. The molecule has 2 aromatic rings. The fourth-order valence-electron chi connectivity index (χ4n) is 1.72. The van der Waals surface area contributed by atoms with Crippen molar-refractivity contribution < 1.29 is 19.0 Å². The van der Waals surface area contributed by atoms with Gasteiger partial charge in [-0.1, -0.05) is 24.8 Å². The summed E-state index contributed by atoms with van der Waals surface area (Å²) in [7, 11) is 1.58. The number of hydrogen-bond acceptors (Lipinski definition) is 4. The third kappa shape index (κ3) is 3.86. The average Bonchev–Trinajstić information content (AvgIpc) is 2.54. The first-order valence-corrected chi connectivity index (χ1v) is 6.43. The van der Waals surface area contributed by atoms with E-state index in [2.05, 4.69) is 6.58 Å². The maximum atomic E-state index is 12.2. The second kappa shape index (κ2) is 7.14. The summed E-state index contributed by atoms with van der Waals surface area (Å²) in [5.41, 5.74) is 0.371. The summed E-state index contributed by atoms with van der Waals surface area (Å²) in [6.45, 7) is 3.91.